The van der Waals surface area contributed by atoms with Gasteiger partial charge < -0.3 is 10.3 Å². The minimum atomic E-state index is -0.391. The molecule has 0 saturated carbocycles. The van der Waals surface area contributed by atoms with Gasteiger partial charge in [0.25, 0.3) is 0 Å². The SMILES string of the molecule is Cc1noc(CCc2ccc(F)c(N)c2)n1. The number of hydrogen-bond donors (Lipinski definition) is 1. The van der Waals surface area contributed by atoms with Crippen molar-refractivity contribution in [3.05, 3.63) is 41.3 Å². The van der Waals surface area contributed by atoms with Gasteiger partial charge in [-0.15, -0.1) is 0 Å². The molecule has 2 rings (SSSR count). The highest BCUT2D eigenvalue weighted by Crippen LogP contribution is 2.14. The molecular formula is C11H12FN3O. The molecule has 0 saturated heterocycles. The van der Waals surface area contributed by atoms with Gasteiger partial charge in [-0.05, 0) is 31.0 Å². The third kappa shape index (κ3) is 2.36. The average molecular weight is 221 g/mol. The van der Waals surface area contributed by atoms with Crippen LogP contribution < -0.4 is 5.73 Å². The Morgan fingerprint density at radius 2 is 2.19 bits per heavy atom. The molecule has 0 bridgehead atoms. The van der Waals surface area contributed by atoms with Crippen LogP contribution in [0.4, 0.5) is 10.1 Å². The van der Waals surface area contributed by atoms with Crippen molar-refractivity contribution in [3.63, 3.8) is 0 Å². The predicted octanol–water partition coefficient (Wildman–Crippen LogP) is 1.88. The Bertz CT molecular complexity index is 496. The molecule has 1 aromatic carbocycles. The van der Waals surface area contributed by atoms with Gasteiger partial charge in [0, 0.05) is 6.42 Å². The molecule has 16 heavy (non-hydrogen) atoms. The highest BCUT2D eigenvalue weighted by molar-refractivity contribution is 5.42. The van der Waals surface area contributed by atoms with E-state index in [1.54, 1.807) is 19.1 Å². The van der Waals surface area contributed by atoms with E-state index in [1.807, 2.05) is 0 Å². The van der Waals surface area contributed by atoms with Gasteiger partial charge in [0.05, 0.1) is 5.69 Å². The van der Waals surface area contributed by atoms with Crippen molar-refractivity contribution in [2.75, 3.05) is 5.73 Å². The number of aryl methyl sites for hydroxylation is 3. The Labute approximate surface area is 92.3 Å². The number of benzene rings is 1. The Morgan fingerprint density at radius 1 is 1.38 bits per heavy atom. The first-order valence-electron chi connectivity index (χ1n) is 4.98. The third-order valence-electron chi connectivity index (χ3n) is 2.26. The quantitative estimate of drug-likeness (QED) is 0.804. The molecular weight excluding hydrogens is 209 g/mol. The lowest BCUT2D eigenvalue weighted by atomic mass is 10.1. The smallest absolute Gasteiger partial charge is 0.226 e. The second kappa shape index (κ2) is 4.30. The van der Waals surface area contributed by atoms with Crippen molar-refractivity contribution in [1.82, 2.24) is 10.1 Å². The maximum atomic E-state index is 12.9. The minimum Gasteiger partial charge on any atom is -0.396 e. The standard InChI is InChI=1S/C11H12FN3O/c1-7-14-11(16-15-7)5-3-8-2-4-9(12)10(13)6-8/h2,4,6H,3,5,13H2,1H3. The first kappa shape index (κ1) is 10.6. The zero-order valence-electron chi connectivity index (χ0n) is 8.90. The number of anilines is 1. The van der Waals surface area contributed by atoms with E-state index in [0.29, 0.717) is 24.6 Å². The van der Waals surface area contributed by atoms with Gasteiger partial charge in [-0.25, -0.2) is 4.39 Å². The topological polar surface area (TPSA) is 64.9 Å². The van der Waals surface area contributed by atoms with Gasteiger partial charge in [0.15, 0.2) is 5.82 Å². The van der Waals surface area contributed by atoms with E-state index in [-0.39, 0.29) is 5.69 Å². The van der Waals surface area contributed by atoms with Crippen molar-refractivity contribution < 1.29 is 8.91 Å². The molecule has 84 valence electrons. The zero-order chi connectivity index (χ0) is 11.5. The monoisotopic (exact) mass is 221 g/mol. The summed E-state index contributed by atoms with van der Waals surface area (Å²) in [4.78, 5) is 4.08. The molecule has 5 heteroatoms. The number of nitrogen functional groups attached to an aromatic ring is 1. The van der Waals surface area contributed by atoms with Crippen molar-refractivity contribution in [3.8, 4) is 0 Å². The summed E-state index contributed by atoms with van der Waals surface area (Å²) < 4.78 is 17.9. The van der Waals surface area contributed by atoms with Crippen molar-refractivity contribution in [2.45, 2.75) is 19.8 Å². The molecule has 0 atom stereocenters. The predicted molar refractivity (Wildman–Crippen MR) is 57.3 cm³/mol. The van der Waals surface area contributed by atoms with E-state index in [2.05, 4.69) is 10.1 Å². The molecule has 0 aliphatic carbocycles. The maximum absolute atomic E-state index is 12.9. The number of hydrogen-bond acceptors (Lipinski definition) is 4. The fourth-order valence-corrected chi connectivity index (χ4v) is 1.44. The van der Waals surface area contributed by atoms with Gasteiger partial charge in [-0.3, -0.25) is 0 Å². The van der Waals surface area contributed by atoms with Gasteiger partial charge >= 0.3 is 0 Å². The second-order valence-corrected chi connectivity index (χ2v) is 3.59. The molecule has 0 amide bonds. The first-order chi connectivity index (χ1) is 7.65. The molecule has 0 spiro atoms. The van der Waals surface area contributed by atoms with Gasteiger partial charge in [0.1, 0.15) is 5.82 Å². The lowest BCUT2D eigenvalue weighted by molar-refractivity contribution is 0.374. The van der Waals surface area contributed by atoms with Gasteiger partial charge in [-0.1, -0.05) is 11.2 Å². The largest absolute Gasteiger partial charge is 0.396 e. The summed E-state index contributed by atoms with van der Waals surface area (Å²) >= 11 is 0. The molecule has 2 aromatic rings. The highest BCUT2D eigenvalue weighted by atomic mass is 19.1. The van der Waals surface area contributed by atoms with Gasteiger partial charge in [-0.2, -0.15) is 4.98 Å². The summed E-state index contributed by atoms with van der Waals surface area (Å²) in [5, 5.41) is 3.69. The molecule has 1 aromatic heterocycles. The molecule has 0 aliphatic heterocycles. The summed E-state index contributed by atoms with van der Waals surface area (Å²) in [6.07, 6.45) is 1.33. The van der Waals surface area contributed by atoms with Crippen molar-refractivity contribution >= 4 is 5.69 Å². The summed E-state index contributed by atoms with van der Waals surface area (Å²) in [7, 11) is 0. The van der Waals surface area contributed by atoms with E-state index in [0.717, 1.165) is 5.56 Å². The van der Waals surface area contributed by atoms with Crippen LogP contribution in [0.2, 0.25) is 0 Å². The lowest BCUT2D eigenvalue weighted by Crippen LogP contribution is -1.96. The number of aromatic nitrogens is 2. The molecule has 2 N–H and O–H groups in total. The Kier molecular flexibility index (Phi) is 2.85. The van der Waals surface area contributed by atoms with Crippen LogP contribution in [0.15, 0.2) is 22.7 Å². The van der Waals surface area contributed by atoms with Crippen LogP contribution in [0.25, 0.3) is 0 Å². The Hall–Kier alpha value is -1.91. The molecule has 1 heterocycles. The van der Waals surface area contributed by atoms with E-state index < -0.39 is 5.82 Å². The molecule has 0 radical (unpaired) electrons. The third-order valence-corrected chi connectivity index (χ3v) is 2.26. The van der Waals surface area contributed by atoms with Crippen LogP contribution >= 0.6 is 0 Å². The van der Waals surface area contributed by atoms with Gasteiger partial charge in [0.2, 0.25) is 5.89 Å². The second-order valence-electron chi connectivity index (χ2n) is 3.59. The minimum absolute atomic E-state index is 0.166. The highest BCUT2D eigenvalue weighted by Gasteiger charge is 2.04. The van der Waals surface area contributed by atoms with Crippen LogP contribution in [0.1, 0.15) is 17.3 Å². The fraction of sp³-hybridized carbons (Fsp3) is 0.273. The number of nitrogens with two attached hydrogens (primary N) is 1. The van der Waals surface area contributed by atoms with E-state index in [1.165, 1.54) is 6.07 Å². The lowest BCUT2D eigenvalue weighted by Gasteiger charge is -2.01. The Morgan fingerprint density at radius 3 is 2.81 bits per heavy atom. The fourth-order valence-electron chi connectivity index (χ4n) is 1.44. The summed E-state index contributed by atoms with van der Waals surface area (Å²) in [6, 6.07) is 4.69. The first-order valence-corrected chi connectivity index (χ1v) is 4.98. The number of nitrogens with zero attached hydrogens (tertiary/aromatic N) is 2. The zero-order valence-corrected chi connectivity index (χ0v) is 8.90. The van der Waals surface area contributed by atoms with Crippen LogP contribution in [0.5, 0.6) is 0 Å². The Balaban J connectivity index is 2.02. The normalized spacial score (nSPS) is 10.6. The maximum Gasteiger partial charge on any atom is 0.226 e. The summed E-state index contributed by atoms with van der Waals surface area (Å²) in [6.45, 7) is 1.77. The van der Waals surface area contributed by atoms with E-state index >= 15 is 0 Å². The van der Waals surface area contributed by atoms with Crippen molar-refractivity contribution in [1.29, 1.82) is 0 Å². The van der Waals surface area contributed by atoms with Crippen LogP contribution in [-0.4, -0.2) is 10.1 Å². The molecule has 0 fully saturated rings. The average Bonchev–Trinajstić information content (AvgIpc) is 2.66. The van der Waals surface area contributed by atoms with Crippen molar-refractivity contribution in [2.24, 2.45) is 0 Å². The van der Waals surface area contributed by atoms with Crippen LogP contribution in [0, 0.1) is 12.7 Å². The summed E-state index contributed by atoms with van der Waals surface area (Å²) in [5.74, 6) is 0.811. The number of halogens is 1. The van der Waals surface area contributed by atoms with E-state index in [4.69, 9.17) is 10.3 Å². The molecule has 0 aliphatic rings. The summed E-state index contributed by atoms with van der Waals surface area (Å²) in [5.41, 5.74) is 6.59. The molecule has 4 nitrogen and oxygen atoms in total. The number of rotatable bonds is 3. The van der Waals surface area contributed by atoms with Crippen LogP contribution in [-0.2, 0) is 12.8 Å². The molecule has 0 unspecified atom stereocenters. The van der Waals surface area contributed by atoms with Crippen LogP contribution in [0.3, 0.4) is 0 Å². The van der Waals surface area contributed by atoms with E-state index in [9.17, 15) is 4.39 Å².